The minimum absolute atomic E-state index is 0.0311. The summed E-state index contributed by atoms with van der Waals surface area (Å²) >= 11 is 0. The van der Waals surface area contributed by atoms with Crippen molar-refractivity contribution >= 4 is 34.4 Å². The molecule has 0 bridgehead atoms. The lowest BCUT2D eigenvalue weighted by atomic mass is 10.1. The Morgan fingerprint density at radius 1 is 0.964 bits per heavy atom. The van der Waals surface area contributed by atoms with E-state index in [4.69, 9.17) is 0 Å². The first-order valence-electron chi connectivity index (χ1n) is 9.24. The van der Waals surface area contributed by atoms with Crippen LogP contribution in [0.5, 0.6) is 0 Å². The predicted octanol–water partition coefficient (Wildman–Crippen LogP) is 2.55. The van der Waals surface area contributed by atoms with Crippen molar-refractivity contribution in [1.82, 2.24) is 14.9 Å². The number of hydrogen-bond donors (Lipinski definition) is 1. The van der Waals surface area contributed by atoms with Crippen LogP contribution in [-0.2, 0) is 4.79 Å². The van der Waals surface area contributed by atoms with E-state index in [0.29, 0.717) is 37.4 Å². The van der Waals surface area contributed by atoms with Crippen LogP contribution >= 0.6 is 0 Å². The Hall–Kier alpha value is -3.48. The summed E-state index contributed by atoms with van der Waals surface area (Å²) in [6.45, 7) is 4.06. The largest absolute Gasteiger partial charge is 0.352 e. The minimum Gasteiger partial charge on any atom is -0.352 e. The van der Waals surface area contributed by atoms with Crippen molar-refractivity contribution in [3.8, 4) is 0 Å². The molecule has 1 aliphatic rings. The first-order valence-corrected chi connectivity index (χ1v) is 9.24. The fourth-order valence-electron chi connectivity index (χ4n) is 3.35. The van der Waals surface area contributed by atoms with Crippen LogP contribution in [-0.4, -0.2) is 52.9 Å². The normalized spacial score (nSPS) is 14.2. The second kappa shape index (κ2) is 7.64. The van der Waals surface area contributed by atoms with Crippen molar-refractivity contribution in [2.75, 3.05) is 36.4 Å². The Kier molecular flexibility index (Phi) is 4.89. The number of benzene rings is 2. The van der Waals surface area contributed by atoms with E-state index in [1.807, 2.05) is 29.2 Å². The number of para-hydroxylation sites is 2. The minimum atomic E-state index is -0.158. The van der Waals surface area contributed by atoms with Gasteiger partial charge in [-0.05, 0) is 30.3 Å². The molecule has 2 amide bonds. The van der Waals surface area contributed by atoms with Crippen molar-refractivity contribution in [1.29, 1.82) is 0 Å². The van der Waals surface area contributed by atoms with Gasteiger partial charge >= 0.3 is 0 Å². The highest BCUT2D eigenvalue weighted by Crippen LogP contribution is 2.19. The second-order valence-corrected chi connectivity index (χ2v) is 6.76. The van der Waals surface area contributed by atoms with Gasteiger partial charge in [-0.25, -0.2) is 4.98 Å². The summed E-state index contributed by atoms with van der Waals surface area (Å²) in [5, 5.41) is 2.71. The van der Waals surface area contributed by atoms with E-state index >= 15 is 0 Å². The Labute approximate surface area is 163 Å². The number of rotatable bonds is 3. The number of aromatic nitrogens is 2. The molecule has 7 heteroatoms. The van der Waals surface area contributed by atoms with Crippen LogP contribution in [0.4, 0.5) is 11.5 Å². The van der Waals surface area contributed by atoms with E-state index in [9.17, 15) is 9.59 Å². The molecule has 0 spiro atoms. The molecule has 4 rings (SSSR count). The van der Waals surface area contributed by atoms with Gasteiger partial charge in [0.1, 0.15) is 5.82 Å². The zero-order valence-electron chi connectivity index (χ0n) is 15.6. The third-order valence-corrected chi connectivity index (χ3v) is 4.76. The third kappa shape index (κ3) is 3.78. The quantitative estimate of drug-likeness (QED) is 0.761. The molecule has 28 heavy (non-hydrogen) atoms. The molecular formula is C21H21N5O2. The lowest BCUT2D eigenvalue weighted by Gasteiger charge is -2.35. The maximum Gasteiger partial charge on any atom is 0.254 e. The van der Waals surface area contributed by atoms with Crippen LogP contribution in [0.1, 0.15) is 17.3 Å². The molecule has 1 aromatic heterocycles. The van der Waals surface area contributed by atoms with Gasteiger partial charge in [0.15, 0.2) is 0 Å². The molecule has 3 aromatic rings. The highest BCUT2D eigenvalue weighted by molar-refractivity contribution is 5.97. The maximum atomic E-state index is 12.8. The molecule has 0 radical (unpaired) electrons. The SMILES string of the molecule is CC(=O)Nc1cccc(C(=O)N2CCN(c3cnc4ccccc4n3)CC2)c1. The lowest BCUT2D eigenvalue weighted by molar-refractivity contribution is -0.114. The summed E-state index contributed by atoms with van der Waals surface area (Å²) in [5.74, 6) is 0.643. The molecule has 7 nitrogen and oxygen atoms in total. The average molecular weight is 375 g/mol. The fourth-order valence-corrected chi connectivity index (χ4v) is 3.35. The van der Waals surface area contributed by atoms with Gasteiger partial charge in [-0.15, -0.1) is 0 Å². The molecule has 2 aromatic carbocycles. The fraction of sp³-hybridized carbons (Fsp3) is 0.238. The standard InChI is InChI=1S/C21H21N5O2/c1-15(27)23-17-6-4-5-16(13-17)21(28)26-11-9-25(10-12-26)20-14-22-18-7-2-3-8-19(18)24-20/h2-8,13-14H,9-12H2,1H3,(H,23,27). The molecular weight excluding hydrogens is 354 g/mol. The Balaban J connectivity index is 1.43. The van der Waals surface area contributed by atoms with E-state index in [2.05, 4.69) is 20.2 Å². The number of nitrogens with one attached hydrogen (secondary N) is 1. The Morgan fingerprint density at radius 3 is 2.46 bits per heavy atom. The lowest BCUT2D eigenvalue weighted by Crippen LogP contribution is -2.49. The van der Waals surface area contributed by atoms with Gasteiger partial charge in [0.05, 0.1) is 17.2 Å². The topological polar surface area (TPSA) is 78.4 Å². The number of carbonyl (C=O) groups is 2. The van der Waals surface area contributed by atoms with Gasteiger partial charge in [-0.3, -0.25) is 14.6 Å². The molecule has 0 aliphatic carbocycles. The molecule has 0 atom stereocenters. The van der Waals surface area contributed by atoms with Crippen molar-refractivity contribution in [3.63, 3.8) is 0 Å². The summed E-state index contributed by atoms with van der Waals surface area (Å²) < 4.78 is 0. The molecule has 1 N–H and O–H groups in total. The second-order valence-electron chi connectivity index (χ2n) is 6.76. The van der Waals surface area contributed by atoms with Gasteiger partial charge < -0.3 is 15.1 Å². The summed E-state index contributed by atoms with van der Waals surface area (Å²) in [7, 11) is 0. The smallest absolute Gasteiger partial charge is 0.254 e. The zero-order valence-corrected chi connectivity index (χ0v) is 15.6. The molecule has 142 valence electrons. The van der Waals surface area contributed by atoms with Gasteiger partial charge in [-0.2, -0.15) is 0 Å². The molecule has 1 fully saturated rings. The van der Waals surface area contributed by atoms with E-state index in [-0.39, 0.29) is 11.8 Å². The van der Waals surface area contributed by atoms with Gasteiger partial charge in [-0.1, -0.05) is 18.2 Å². The average Bonchev–Trinajstić information content (AvgIpc) is 2.73. The van der Waals surface area contributed by atoms with E-state index in [1.165, 1.54) is 6.92 Å². The van der Waals surface area contributed by atoms with Crippen molar-refractivity contribution in [3.05, 3.63) is 60.3 Å². The Morgan fingerprint density at radius 2 is 1.71 bits per heavy atom. The van der Waals surface area contributed by atoms with Crippen LogP contribution in [0.3, 0.4) is 0 Å². The number of fused-ring (bicyclic) bond motifs is 1. The van der Waals surface area contributed by atoms with Crippen LogP contribution < -0.4 is 10.2 Å². The first-order chi connectivity index (χ1) is 13.6. The van der Waals surface area contributed by atoms with Gasteiger partial charge in [0.2, 0.25) is 5.91 Å². The number of nitrogens with zero attached hydrogens (tertiary/aromatic N) is 4. The molecule has 1 aliphatic heterocycles. The van der Waals surface area contributed by atoms with Crippen molar-refractivity contribution < 1.29 is 9.59 Å². The van der Waals surface area contributed by atoms with E-state index < -0.39 is 0 Å². The van der Waals surface area contributed by atoms with Crippen molar-refractivity contribution in [2.24, 2.45) is 0 Å². The van der Waals surface area contributed by atoms with Crippen LogP contribution in [0.25, 0.3) is 11.0 Å². The number of anilines is 2. The number of piperazine rings is 1. The number of hydrogen-bond acceptors (Lipinski definition) is 5. The van der Waals surface area contributed by atoms with Crippen LogP contribution in [0.15, 0.2) is 54.7 Å². The highest BCUT2D eigenvalue weighted by Gasteiger charge is 2.23. The number of amides is 2. The molecule has 0 unspecified atom stereocenters. The molecule has 0 saturated carbocycles. The summed E-state index contributed by atoms with van der Waals surface area (Å²) in [6, 6.07) is 14.8. The summed E-state index contributed by atoms with van der Waals surface area (Å²) in [6.07, 6.45) is 1.79. The van der Waals surface area contributed by atoms with E-state index in [1.54, 1.807) is 30.5 Å². The predicted molar refractivity (Wildman–Crippen MR) is 108 cm³/mol. The van der Waals surface area contributed by atoms with Crippen LogP contribution in [0, 0.1) is 0 Å². The summed E-state index contributed by atoms with van der Waals surface area (Å²) in [4.78, 5) is 37.2. The van der Waals surface area contributed by atoms with Crippen molar-refractivity contribution in [2.45, 2.75) is 6.92 Å². The monoisotopic (exact) mass is 375 g/mol. The maximum absolute atomic E-state index is 12.8. The zero-order chi connectivity index (χ0) is 19.5. The Bertz CT molecular complexity index is 1030. The molecule has 2 heterocycles. The van der Waals surface area contributed by atoms with Gasteiger partial charge in [0.25, 0.3) is 5.91 Å². The third-order valence-electron chi connectivity index (χ3n) is 4.76. The van der Waals surface area contributed by atoms with Gasteiger partial charge in [0, 0.05) is 44.4 Å². The summed E-state index contributed by atoms with van der Waals surface area (Å²) in [5.41, 5.74) is 2.95. The number of carbonyl (C=O) groups excluding carboxylic acids is 2. The first kappa shape index (κ1) is 17.9. The highest BCUT2D eigenvalue weighted by atomic mass is 16.2. The van der Waals surface area contributed by atoms with Crippen LogP contribution in [0.2, 0.25) is 0 Å². The van der Waals surface area contributed by atoms with E-state index in [0.717, 1.165) is 16.9 Å². The molecule has 1 saturated heterocycles.